The second kappa shape index (κ2) is 5.69. The van der Waals surface area contributed by atoms with E-state index in [1.165, 1.54) is 11.1 Å². The predicted molar refractivity (Wildman–Crippen MR) is 64.4 cm³/mol. The molecule has 15 heavy (non-hydrogen) atoms. The Morgan fingerprint density at radius 3 is 2.53 bits per heavy atom. The minimum atomic E-state index is -0.399. The van der Waals surface area contributed by atoms with E-state index in [0.717, 1.165) is 6.54 Å². The Balaban J connectivity index is 2.61. The number of aliphatic hydroxyl groups excluding tert-OH is 1. The highest BCUT2D eigenvalue weighted by Crippen LogP contribution is 2.07. The van der Waals surface area contributed by atoms with E-state index in [2.05, 4.69) is 25.1 Å². The zero-order chi connectivity index (χ0) is 11.3. The second-order valence-corrected chi connectivity index (χ2v) is 3.95. The molecule has 82 valence electrons. The van der Waals surface area contributed by atoms with Crippen LogP contribution in [0.15, 0.2) is 35.9 Å². The zero-order valence-electron chi connectivity index (χ0n) is 9.64. The lowest BCUT2D eigenvalue weighted by molar-refractivity contribution is 0.0453. The van der Waals surface area contributed by atoms with Crippen molar-refractivity contribution < 1.29 is 5.11 Å². The summed E-state index contributed by atoms with van der Waals surface area (Å²) in [6.07, 6.45) is 1.74. The van der Waals surface area contributed by atoms with Crippen LogP contribution >= 0.6 is 0 Å². The molecule has 0 saturated heterocycles. The average molecular weight is 205 g/mol. The van der Waals surface area contributed by atoms with Crippen LogP contribution in [0.5, 0.6) is 0 Å². The number of hydrogen-bond acceptors (Lipinski definition) is 2. The summed E-state index contributed by atoms with van der Waals surface area (Å²) >= 11 is 0. The van der Waals surface area contributed by atoms with Crippen LogP contribution in [0, 0.1) is 0 Å². The topological polar surface area (TPSA) is 23.5 Å². The van der Waals surface area contributed by atoms with Crippen LogP contribution in [0.1, 0.15) is 19.4 Å². The number of likely N-dealkylation sites (N-methyl/N-ethyl adjacent to an activating group) is 1. The molecule has 0 aliphatic carbocycles. The fraction of sp³-hybridized carbons (Fsp3) is 0.385. The highest BCUT2D eigenvalue weighted by atomic mass is 16.3. The summed E-state index contributed by atoms with van der Waals surface area (Å²) in [6.45, 7) is 4.63. The maximum atomic E-state index is 9.33. The van der Waals surface area contributed by atoms with Crippen molar-refractivity contribution >= 4 is 6.08 Å². The van der Waals surface area contributed by atoms with Gasteiger partial charge in [-0.25, -0.2) is 0 Å². The molecule has 2 heteroatoms. The molecule has 0 aliphatic heterocycles. The van der Waals surface area contributed by atoms with Gasteiger partial charge in [0.25, 0.3) is 0 Å². The van der Waals surface area contributed by atoms with Gasteiger partial charge in [-0.3, -0.25) is 4.90 Å². The third-order valence-corrected chi connectivity index (χ3v) is 2.35. The van der Waals surface area contributed by atoms with Crippen LogP contribution in [0.3, 0.4) is 0 Å². The van der Waals surface area contributed by atoms with E-state index in [-0.39, 0.29) is 0 Å². The van der Waals surface area contributed by atoms with Crippen LogP contribution in [0.4, 0.5) is 0 Å². The van der Waals surface area contributed by atoms with Crippen molar-refractivity contribution in [2.75, 3.05) is 13.6 Å². The standard InChI is InChI=1S/C13H19NO/c1-11(10-14(3)12(2)15)9-13-7-5-4-6-8-13/h4-9,12,15H,10H2,1-3H3/b11-9+. The molecule has 2 nitrogen and oxygen atoms in total. The third-order valence-electron chi connectivity index (χ3n) is 2.35. The first-order chi connectivity index (χ1) is 7.09. The van der Waals surface area contributed by atoms with E-state index in [0.29, 0.717) is 0 Å². The minimum Gasteiger partial charge on any atom is -0.379 e. The highest BCUT2D eigenvalue weighted by Gasteiger charge is 2.04. The van der Waals surface area contributed by atoms with Gasteiger partial charge < -0.3 is 5.11 Å². The molecule has 0 saturated carbocycles. The lowest BCUT2D eigenvalue weighted by Crippen LogP contribution is -2.29. The van der Waals surface area contributed by atoms with E-state index >= 15 is 0 Å². The summed E-state index contributed by atoms with van der Waals surface area (Å²) < 4.78 is 0. The monoisotopic (exact) mass is 205 g/mol. The first kappa shape index (κ1) is 12.0. The Bertz CT molecular complexity index is 317. The molecular weight excluding hydrogens is 186 g/mol. The van der Waals surface area contributed by atoms with Crippen LogP contribution in [0.2, 0.25) is 0 Å². The molecule has 0 aromatic heterocycles. The zero-order valence-corrected chi connectivity index (χ0v) is 9.64. The summed E-state index contributed by atoms with van der Waals surface area (Å²) in [7, 11) is 1.91. The molecule has 1 rings (SSSR count). The SMILES string of the molecule is C/C(=C\c1ccccc1)CN(C)C(C)O. The molecule has 0 aliphatic rings. The van der Waals surface area contributed by atoms with Gasteiger partial charge in [-0.15, -0.1) is 0 Å². The molecule has 1 N–H and O–H groups in total. The first-order valence-corrected chi connectivity index (χ1v) is 5.20. The second-order valence-electron chi connectivity index (χ2n) is 3.95. The van der Waals surface area contributed by atoms with Crippen LogP contribution in [0.25, 0.3) is 6.08 Å². The van der Waals surface area contributed by atoms with Gasteiger partial charge in [-0.1, -0.05) is 42.0 Å². The normalized spacial score (nSPS) is 14.3. The van der Waals surface area contributed by atoms with E-state index in [4.69, 9.17) is 0 Å². The number of aliphatic hydroxyl groups is 1. The van der Waals surface area contributed by atoms with Crippen molar-refractivity contribution in [2.45, 2.75) is 20.1 Å². The number of nitrogens with zero attached hydrogens (tertiary/aromatic N) is 1. The summed E-state index contributed by atoms with van der Waals surface area (Å²) in [5.41, 5.74) is 2.44. The molecule has 0 heterocycles. The lowest BCUT2D eigenvalue weighted by Gasteiger charge is -2.19. The molecule has 0 amide bonds. The average Bonchev–Trinajstić information content (AvgIpc) is 2.18. The summed E-state index contributed by atoms with van der Waals surface area (Å²) in [4.78, 5) is 1.90. The van der Waals surface area contributed by atoms with Crippen molar-refractivity contribution in [1.82, 2.24) is 4.90 Å². The van der Waals surface area contributed by atoms with Crippen molar-refractivity contribution in [3.05, 3.63) is 41.5 Å². The third kappa shape index (κ3) is 4.28. The predicted octanol–water partition coefficient (Wildman–Crippen LogP) is 2.36. The van der Waals surface area contributed by atoms with Gasteiger partial charge in [0.2, 0.25) is 0 Å². The molecule has 1 aromatic rings. The van der Waals surface area contributed by atoms with E-state index in [1.54, 1.807) is 6.92 Å². The molecule has 1 unspecified atom stereocenters. The molecular formula is C13H19NO. The molecule has 0 fully saturated rings. The summed E-state index contributed by atoms with van der Waals surface area (Å²) in [5.74, 6) is 0. The van der Waals surface area contributed by atoms with Crippen molar-refractivity contribution in [2.24, 2.45) is 0 Å². The van der Waals surface area contributed by atoms with Crippen molar-refractivity contribution in [3.63, 3.8) is 0 Å². The number of rotatable bonds is 4. The summed E-state index contributed by atoms with van der Waals surface area (Å²) in [5, 5.41) is 9.33. The van der Waals surface area contributed by atoms with Crippen molar-refractivity contribution in [3.8, 4) is 0 Å². The molecule has 0 spiro atoms. The lowest BCUT2D eigenvalue weighted by atomic mass is 10.1. The van der Waals surface area contributed by atoms with E-state index < -0.39 is 6.23 Å². The van der Waals surface area contributed by atoms with E-state index in [1.807, 2.05) is 30.1 Å². The Labute approximate surface area is 91.9 Å². The Morgan fingerprint density at radius 1 is 1.40 bits per heavy atom. The quantitative estimate of drug-likeness (QED) is 0.763. The van der Waals surface area contributed by atoms with Crippen molar-refractivity contribution in [1.29, 1.82) is 0 Å². The fourth-order valence-corrected chi connectivity index (χ4v) is 1.40. The highest BCUT2D eigenvalue weighted by molar-refractivity contribution is 5.52. The smallest absolute Gasteiger partial charge is 0.104 e. The van der Waals surface area contributed by atoms with Gasteiger partial charge in [0, 0.05) is 6.54 Å². The molecule has 1 aromatic carbocycles. The largest absolute Gasteiger partial charge is 0.379 e. The number of hydrogen-bond donors (Lipinski definition) is 1. The van der Waals surface area contributed by atoms with E-state index in [9.17, 15) is 5.11 Å². The Hall–Kier alpha value is -1.12. The Kier molecular flexibility index (Phi) is 4.53. The van der Waals surface area contributed by atoms with Crippen LogP contribution < -0.4 is 0 Å². The first-order valence-electron chi connectivity index (χ1n) is 5.20. The summed E-state index contributed by atoms with van der Waals surface area (Å²) in [6, 6.07) is 10.2. The van der Waals surface area contributed by atoms with Gasteiger partial charge in [0.05, 0.1) is 0 Å². The Morgan fingerprint density at radius 2 is 2.00 bits per heavy atom. The van der Waals surface area contributed by atoms with Gasteiger partial charge in [0.15, 0.2) is 0 Å². The van der Waals surface area contributed by atoms with Gasteiger partial charge in [-0.2, -0.15) is 0 Å². The fourth-order valence-electron chi connectivity index (χ4n) is 1.40. The van der Waals surface area contributed by atoms with Gasteiger partial charge in [0.1, 0.15) is 6.23 Å². The molecule has 1 atom stereocenters. The van der Waals surface area contributed by atoms with Crippen LogP contribution in [-0.4, -0.2) is 29.8 Å². The number of benzene rings is 1. The van der Waals surface area contributed by atoms with Crippen LogP contribution in [-0.2, 0) is 0 Å². The minimum absolute atomic E-state index is 0.399. The maximum Gasteiger partial charge on any atom is 0.104 e. The van der Waals surface area contributed by atoms with Gasteiger partial charge >= 0.3 is 0 Å². The maximum absolute atomic E-state index is 9.33. The van der Waals surface area contributed by atoms with Gasteiger partial charge in [-0.05, 0) is 26.5 Å². The molecule has 0 bridgehead atoms. The molecule has 0 radical (unpaired) electrons.